The van der Waals surface area contributed by atoms with Crippen molar-refractivity contribution in [2.24, 2.45) is 0 Å². The van der Waals surface area contributed by atoms with Gasteiger partial charge in [-0.3, -0.25) is 4.79 Å². The van der Waals surface area contributed by atoms with Crippen molar-refractivity contribution in [2.75, 3.05) is 7.11 Å². The molecule has 14 heavy (non-hydrogen) atoms. The zero-order valence-corrected chi connectivity index (χ0v) is 9.52. The highest BCUT2D eigenvalue weighted by atomic mass is 32.1. The minimum atomic E-state index is -0.195. The van der Waals surface area contributed by atoms with E-state index in [0.29, 0.717) is 12.2 Å². The molecule has 0 aliphatic heterocycles. The SMILES string of the molecule is COCc1c(C)ccc(C(=O)S)c1C. The molecule has 0 fully saturated rings. The van der Waals surface area contributed by atoms with E-state index in [2.05, 4.69) is 12.6 Å². The molecule has 0 amide bonds. The fourth-order valence-electron chi connectivity index (χ4n) is 1.49. The third-order valence-electron chi connectivity index (χ3n) is 2.35. The Kier molecular flexibility index (Phi) is 3.72. The third-order valence-corrected chi connectivity index (χ3v) is 2.59. The Balaban J connectivity index is 3.26. The molecule has 0 atom stereocenters. The fourth-order valence-corrected chi connectivity index (χ4v) is 1.73. The molecule has 1 rings (SSSR count). The summed E-state index contributed by atoms with van der Waals surface area (Å²) >= 11 is 3.83. The molecule has 0 spiro atoms. The molecule has 0 N–H and O–H groups in total. The molecule has 0 saturated heterocycles. The predicted octanol–water partition coefficient (Wildman–Crippen LogP) is 2.52. The summed E-state index contributed by atoms with van der Waals surface area (Å²) in [5.74, 6) is 0. The van der Waals surface area contributed by atoms with Crippen LogP contribution in [0.3, 0.4) is 0 Å². The Hall–Kier alpha value is -0.800. The quantitative estimate of drug-likeness (QED) is 0.776. The molecule has 3 heteroatoms. The van der Waals surface area contributed by atoms with Crippen LogP contribution in [0.2, 0.25) is 0 Å². The van der Waals surface area contributed by atoms with Gasteiger partial charge >= 0.3 is 0 Å². The number of ether oxygens (including phenoxy) is 1. The maximum atomic E-state index is 11.2. The van der Waals surface area contributed by atoms with Crippen LogP contribution in [0.5, 0.6) is 0 Å². The lowest BCUT2D eigenvalue weighted by molar-refractivity contribution is 0.109. The maximum Gasteiger partial charge on any atom is 0.216 e. The van der Waals surface area contributed by atoms with Gasteiger partial charge in [-0.25, -0.2) is 0 Å². The number of hydrogen-bond donors (Lipinski definition) is 1. The van der Waals surface area contributed by atoms with Crippen molar-refractivity contribution in [1.29, 1.82) is 0 Å². The summed E-state index contributed by atoms with van der Waals surface area (Å²) in [6.07, 6.45) is 0. The maximum absolute atomic E-state index is 11.2. The van der Waals surface area contributed by atoms with Gasteiger partial charge in [-0.2, -0.15) is 0 Å². The molecular weight excluding hydrogens is 196 g/mol. The van der Waals surface area contributed by atoms with Gasteiger partial charge in [0, 0.05) is 12.7 Å². The standard InChI is InChI=1S/C11H14O2S/c1-7-4-5-9(11(12)14)8(2)10(7)6-13-3/h4-5H,6H2,1-3H3,(H,12,14). The predicted molar refractivity (Wildman–Crippen MR) is 59.9 cm³/mol. The minimum Gasteiger partial charge on any atom is -0.380 e. The van der Waals surface area contributed by atoms with E-state index in [1.54, 1.807) is 13.2 Å². The van der Waals surface area contributed by atoms with Crippen LogP contribution in [0, 0.1) is 13.8 Å². The molecular formula is C11H14O2S. The number of hydrogen-bond acceptors (Lipinski definition) is 2. The van der Waals surface area contributed by atoms with E-state index in [-0.39, 0.29) is 5.12 Å². The number of thiol groups is 1. The van der Waals surface area contributed by atoms with E-state index >= 15 is 0 Å². The first-order valence-corrected chi connectivity index (χ1v) is 4.84. The van der Waals surface area contributed by atoms with E-state index in [9.17, 15) is 4.79 Å². The van der Waals surface area contributed by atoms with Crippen molar-refractivity contribution in [3.8, 4) is 0 Å². The molecule has 0 unspecified atom stereocenters. The zero-order chi connectivity index (χ0) is 10.7. The lowest BCUT2D eigenvalue weighted by Crippen LogP contribution is -2.02. The van der Waals surface area contributed by atoms with Crippen LogP contribution in [0.4, 0.5) is 0 Å². The molecule has 0 bridgehead atoms. The van der Waals surface area contributed by atoms with Crippen molar-refractivity contribution in [3.63, 3.8) is 0 Å². The lowest BCUT2D eigenvalue weighted by atomic mass is 9.99. The number of benzene rings is 1. The van der Waals surface area contributed by atoms with Gasteiger partial charge in [0.15, 0.2) is 0 Å². The third kappa shape index (κ3) is 2.16. The number of carbonyl (C=O) groups is 1. The first-order chi connectivity index (χ1) is 6.57. The lowest BCUT2D eigenvalue weighted by Gasteiger charge is -2.11. The van der Waals surface area contributed by atoms with Gasteiger partial charge in [0.2, 0.25) is 5.12 Å². The highest BCUT2D eigenvalue weighted by Gasteiger charge is 2.10. The Labute approximate surface area is 89.7 Å². The highest BCUT2D eigenvalue weighted by molar-refractivity contribution is 7.97. The van der Waals surface area contributed by atoms with Gasteiger partial charge in [0.05, 0.1) is 6.61 Å². The van der Waals surface area contributed by atoms with E-state index in [1.165, 1.54) is 0 Å². The van der Waals surface area contributed by atoms with E-state index in [4.69, 9.17) is 4.74 Å². The number of aryl methyl sites for hydroxylation is 1. The number of methoxy groups -OCH3 is 1. The smallest absolute Gasteiger partial charge is 0.216 e. The first-order valence-electron chi connectivity index (χ1n) is 4.39. The van der Waals surface area contributed by atoms with Crippen molar-refractivity contribution >= 4 is 17.7 Å². The molecule has 0 aromatic heterocycles. The molecule has 0 aliphatic rings. The van der Waals surface area contributed by atoms with Crippen molar-refractivity contribution < 1.29 is 9.53 Å². The van der Waals surface area contributed by atoms with E-state index in [1.807, 2.05) is 19.9 Å². The summed E-state index contributed by atoms with van der Waals surface area (Å²) in [4.78, 5) is 11.2. The number of carbonyl (C=O) groups excluding carboxylic acids is 1. The molecule has 0 aliphatic carbocycles. The van der Waals surface area contributed by atoms with E-state index < -0.39 is 0 Å². The summed E-state index contributed by atoms with van der Waals surface area (Å²) in [6, 6.07) is 3.73. The number of rotatable bonds is 3. The van der Waals surface area contributed by atoms with Crippen LogP contribution < -0.4 is 0 Å². The van der Waals surface area contributed by atoms with Crippen LogP contribution in [0.15, 0.2) is 12.1 Å². The molecule has 1 aromatic rings. The van der Waals surface area contributed by atoms with E-state index in [0.717, 1.165) is 16.7 Å². The topological polar surface area (TPSA) is 26.3 Å². The van der Waals surface area contributed by atoms with Crippen LogP contribution in [-0.2, 0) is 11.3 Å². The molecule has 1 aromatic carbocycles. The second kappa shape index (κ2) is 4.62. The van der Waals surface area contributed by atoms with Crippen molar-refractivity contribution in [2.45, 2.75) is 20.5 Å². The Morgan fingerprint density at radius 3 is 2.57 bits per heavy atom. The normalized spacial score (nSPS) is 10.3. The van der Waals surface area contributed by atoms with Gasteiger partial charge in [0.25, 0.3) is 0 Å². The molecule has 0 saturated carbocycles. The zero-order valence-electron chi connectivity index (χ0n) is 8.63. The van der Waals surface area contributed by atoms with Crippen molar-refractivity contribution in [3.05, 3.63) is 34.4 Å². The average Bonchev–Trinajstić information content (AvgIpc) is 2.11. The van der Waals surface area contributed by atoms with Crippen LogP contribution in [0.1, 0.15) is 27.0 Å². The van der Waals surface area contributed by atoms with Crippen molar-refractivity contribution in [1.82, 2.24) is 0 Å². The van der Waals surface area contributed by atoms with Gasteiger partial charge < -0.3 is 4.74 Å². The second-order valence-electron chi connectivity index (χ2n) is 3.27. The first kappa shape index (κ1) is 11.3. The summed E-state index contributed by atoms with van der Waals surface area (Å²) < 4.78 is 5.09. The molecule has 0 heterocycles. The van der Waals surface area contributed by atoms with Crippen LogP contribution in [0.25, 0.3) is 0 Å². The fraction of sp³-hybridized carbons (Fsp3) is 0.364. The Morgan fingerprint density at radius 2 is 2.07 bits per heavy atom. The van der Waals surface area contributed by atoms with Gasteiger partial charge in [-0.15, -0.1) is 12.6 Å². The van der Waals surface area contributed by atoms with Crippen LogP contribution >= 0.6 is 12.6 Å². The van der Waals surface area contributed by atoms with Gasteiger partial charge in [-0.1, -0.05) is 6.07 Å². The summed E-state index contributed by atoms with van der Waals surface area (Å²) in [7, 11) is 1.65. The van der Waals surface area contributed by atoms with Gasteiger partial charge in [0.1, 0.15) is 0 Å². The summed E-state index contributed by atoms with van der Waals surface area (Å²) in [6.45, 7) is 4.46. The Bertz CT molecular complexity index is 359. The summed E-state index contributed by atoms with van der Waals surface area (Å²) in [5, 5.41) is -0.195. The highest BCUT2D eigenvalue weighted by Crippen LogP contribution is 2.20. The Morgan fingerprint density at radius 1 is 1.43 bits per heavy atom. The monoisotopic (exact) mass is 210 g/mol. The minimum absolute atomic E-state index is 0.195. The average molecular weight is 210 g/mol. The summed E-state index contributed by atoms with van der Waals surface area (Å²) in [5.41, 5.74) is 3.84. The molecule has 0 radical (unpaired) electrons. The largest absolute Gasteiger partial charge is 0.380 e. The van der Waals surface area contributed by atoms with Crippen LogP contribution in [-0.4, -0.2) is 12.2 Å². The second-order valence-corrected chi connectivity index (χ2v) is 3.68. The van der Waals surface area contributed by atoms with Gasteiger partial charge in [-0.05, 0) is 36.6 Å². The molecule has 76 valence electrons. The molecule has 2 nitrogen and oxygen atoms in total.